The number of nitrogens with one attached hydrogen (secondary N) is 1. The summed E-state index contributed by atoms with van der Waals surface area (Å²) in [5, 5.41) is 3.23. The summed E-state index contributed by atoms with van der Waals surface area (Å²) in [6, 6.07) is 15.9. The van der Waals surface area contributed by atoms with E-state index in [0.29, 0.717) is 16.6 Å². The van der Waals surface area contributed by atoms with Crippen molar-refractivity contribution in [2.75, 3.05) is 4.72 Å². The van der Waals surface area contributed by atoms with E-state index in [0.717, 1.165) is 46.8 Å². The number of hydrogen-bond acceptors (Lipinski definition) is 3. The van der Waals surface area contributed by atoms with Crippen molar-refractivity contribution < 1.29 is 12.8 Å². The highest BCUT2D eigenvalue weighted by Gasteiger charge is 2.32. The van der Waals surface area contributed by atoms with Crippen molar-refractivity contribution >= 4 is 49.1 Å². The summed E-state index contributed by atoms with van der Waals surface area (Å²) in [4.78, 5) is 0.174. The minimum atomic E-state index is -3.77. The highest BCUT2D eigenvalue weighted by Crippen LogP contribution is 2.44. The van der Waals surface area contributed by atoms with Crippen LogP contribution in [0.15, 0.2) is 63.9 Å². The van der Waals surface area contributed by atoms with E-state index in [-0.39, 0.29) is 10.3 Å². The standard InChI is InChI=1S/C26H26ClNO3S/c1-26(2,3)16-8-13-24-21(14-16)22-15-23(19-6-4-5-7-20(19)25(22)31-24)28-32(29,30)18-11-9-17(27)10-12-18/h4-7,9-12,15-16,28H,8,13-14H2,1-3H3. The Bertz CT molecular complexity index is 1430. The summed E-state index contributed by atoms with van der Waals surface area (Å²) < 4.78 is 35.4. The summed E-state index contributed by atoms with van der Waals surface area (Å²) in [7, 11) is -3.77. The summed E-state index contributed by atoms with van der Waals surface area (Å²) >= 11 is 5.94. The zero-order valence-corrected chi connectivity index (χ0v) is 20.0. The van der Waals surface area contributed by atoms with Crippen LogP contribution in [0.5, 0.6) is 0 Å². The molecule has 1 aliphatic rings. The maximum Gasteiger partial charge on any atom is 0.261 e. The van der Waals surface area contributed by atoms with Crippen LogP contribution in [0.3, 0.4) is 0 Å². The van der Waals surface area contributed by atoms with Gasteiger partial charge >= 0.3 is 0 Å². The SMILES string of the molecule is CC(C)(C)C1CCc2oc3c(cc(NS(=O)(=O)c4ccc(Cl)cc4)c4ccccc43)c2C1. The van der Waals surface area contributed by atoms with Gasteiger partial charge in [-0.25, -0.2) is 8.42 Å². The first-order valence-corrected chi connectivity index (χ1v) is 12.7. The van der Waals surface area contributed by atoms with Crippen LogP contribution >= 0.6 is 11.6 Å². The van der Waals surface area contributed by atoms with Crippen LogP contribution in [-0.2, 0) is 22.9 Å². The molecular formula is C26H26ClNO3S. The highest BCUT2D eigenvalue weighted by molar-refractivity contribution is 7.92. The van der Waals surface area contributed by atoms with Crippen molar-refractivity contribution in [3.05, 3.63) is 70.9 Å². The molecule has 6 heteroatoms. The molecule has 0 saturated carbocycles. The molecule has 5 rings (SSSR count). The second-order valence-electron chi connectivity index (χ2n) is 9.72. The second kappa shape index (κ2) is 7.53. The molecule has 4 nitrogen and oxygen atoms in total. The third-order valence-electron chi connectivity index (χ3n) is 6.65. The number of furan rings is 1. The first-order chi connectivity index (χ1) is 15.1. The lowest BCUT2D eigenvalue weighted by atomic mass is 9.71. The van der Waals surface area contributed by atoms with Crippen LogP contribution in [0.1, 0.15) is 38.5 Å². The van der Waals surface area contributed by atoms with Gasteiger partial charge in [-0.15, -0.1) is 0 Å². The Morgan fingerprint density at radius 2 is 1.69 bits per heavy atom. The largest absolute Gasteiger partial charge is 0.460 e. The van der Waals surface area contributed by atoms with Gasteiger partial charge in [0.15, 0.2) is 0 Å². The van der Waals surface area contributed by atoms with E-state index in [1.165, 1.54) is 17.7 Å². The molecule has 0 bridgehead atoms. The molecule has 1 heterocycles. The topological polar surface area (TPSA) is 59.3 Å². The monoisotopic (exact) mass is 467 g/mol. The molecule has 1 aromatic heterocycles. The molecule has 32 heavy (non-hydrogen) atoms. The van der Waals surface area contributed by atoms with Crippen LogP contribution in [0, 0.1) is 11.3 Å². The molecule has 0 spiro atoms. The molecule has 1 unspecified atom stereocenters. The molecule has 0 saturated heterocycles. The zero-order chi connectivity index (χ0) is 22.7. The van der Waals surface area contributed by atoms with E-state index in [1.54, 1.807) is 12.1 Å². The Morgan fingerprint density at radius 3 is 2.38 bits per heavy atom. The van der Waals surface area contributed by atoms with Crippen LogP contribution < -0.4 is 4.72 Å². The molecule has 1 aliphatic carbocycles. The maximum atomic E-state index is 13.1. The summed E-state index contributed by atoms with van der Waals surface area (Å²) in [6.45, 7) is 6.85. The normalized spacial score (nSPS) is 16.9. The minimum Gasteiger partial charge on any atom is -0.460 e. The van der Waals surface area contributed by atoms with E-state index in [2.05, 4.69) is 25.5 Å². The van der Waals surface area contributed by atoms with E-state index >= 15 is 0 Å². The van der Waals surface area contributed by atoms with Gasteiger partial charge in [0.25, 0.3) is 10.0 Å². The molecule has 0 amide bonds. The molecule has 0 aliphatic heterocycles. The lowest BCUT2D eigenvalue weighted by molar-refractivity contribution is 0.210. The number of sulfonamides is 1. The fourth-order valence-electron chi connectivity index (χ4n) is 4.74. The van der Waals surface area contributed by atoms with Gasteiger partial charge in [0.2, 0.25) is 0 Å². The molecule has 166 valence electrons. The van der Waals surface area contributed by atoms with Gasteiger partial charge in [0.05, 0.1) is 10.6 Å². The van der Waals surface area contributed by atoms with Crippen molar-refractivity contribution in [2.45, 2.75) is 44.9 Å². The van der Waals surface area contributed by atoms with E-state index < -0.39 is 10.0 Å². The van der Waals surface area contributed by atoms with Crippen LogP contribution in [0.25, 0.3) is 21.7 Å². The Morgan fingerprint density at radius 1 is 1.00 bits per heavy atom. The third kappa shape index (κ3) is 3.67. The fourth-order valence-corrected chi connectivity index (χ4v) is 5.94. The molecule has 0 radical (unpaired) electrons. The van der Waals surface area contributed by atoms with Gasteiger partial charge in [-0.3, -0.25) is 4.72 Å². The lowest BCUT2D eigenvalue weighted by Gasteiger charge is -2.33. The average molecular weight is 468 g/mol. The summed E-state index contributed by atoms with van der Waals surface area (Å²) in [6.07, 6.45) is 2.95. The number of aryl methyl sites for hydroxylation is 1. The Kier molecular flexibility index (Phi) is 5.02. The summed E-state index contributed by atoms with van der Waals surface area (Å²) in [5.74, 6) is 1.58. The third-order valence-corrected chi connectivity index (χ3v) is 8.28. The van der Waals surface area contributed by atoms with Crippen LogP contribution in [-0.4, -0.2) is 8.42 Å². The predicted octanol–water partition coefficient (Wildman–Crippen LogP) is 7.19. The number of rotatable bonds is 3. The molecule has 4 aromatic rings. The second-order valence-corrected chi connectivity index (χ2v) is 11.8. The molecule has 1 atom stereocenters. The van der Waals surface area contributed by atoms with Gasteiger partial charge in [0, 0.05) is 33.2 Å². The minimum absolute atomic E-state index is 0.174. The molecular weight excluding hydrogens is 442 g/mol. The number of fused-ring (bicyclic) bond motifs is 5. The fraction of sp³-hybridized carbons (Fsp3) is 0.308. The van der Waals surface area contributed by atoms with Crippen molar-refractivity contribution in [3.63, 3.8) is 0 Å². The van der Waals surface area contributed by atoms with E-state index in [4.69, 9.17) is 16.0 Å². The zero-order valence-electron chi connectivity index (χ0n) is 18.4. The van der Waals surface area contributed by atoms with Crippen molar-refractivity contribution in [1.29, 1.82) is 0 Å². The van der Waals surface area contributed by atoms with Crippen molar-refractivity contribution in [3.8, 4) is 0 Å². The number of halogens is 1. The van der Waals surface area contributed by atoms with E-state index in [1.807, 2.05) is 30.3 Å². The summed E-state index contributed by atoms with van der Waals surface area (Å²) in [5.41, 5.74) is 2.82. The maximum absolute atomic E-state index is 13.1. The van der Waals surface area contributed by atoms with Crippen LogP contribution in [0.4, 0.5) is 5.69 Å². The van der Waals surface area contributed by atoms with Crippen LogP contribution in [0.2, 0.25) is 5.02 Å². The number of anilines is 1. The molecule has 0 fully saturated rings. The van der Waals surface area contributed by atoms with Gasteiger partial charge in [-0.2, -0.15) is 0 Å². The van der Waals surface area contributed by atoms with Gasteiger partial charge in [-0.1, -0.05) is 56.6 Å². The molecule has 3 aromatic carbocycles. The smallest absolute Gasteiger partial charge is 0.261 e. The average Bonchev–Trinajstić information content (AvgIpc) is 3.11. The quantitative estimate of drug-likeness (QED) is 0.346. The first kappa shape index (κ1) is 21.4. The number of benzene rings is 3. The van der Waals surface area contributed by atoms with Gasteiger partial charge in [0.1, 0.15) is 11.3 Å². The van der Waals surface area contributed by atoms with Gasteiger partial charge in [-0.05, 0) is 54.5 Å². The Balaban J connectivity index is 1.67. The highest BCUT2D eigenvalue weighted by atomic mass is 35.5. The predicted molar refractivity (Wildman–Crippen MR) is 131 cm³/mol. The first-order valence-electron chi connectivity index (χ1n) is 10.9. The van der Waals surface area contributed by atoms with Crippen molar-refractivity contribution in [2.24, 2.45) is 11.3 Å². The van der Waals surface area contributed by atoms with E-state index in [9.17, 15) is 8.42 Å². The van der Waals surface area contributed by atoms with Crippen molar-refractivity contribution in [1.82, 2.24) is 0 Å². The number of hydrogen-bond donors (Lipinski definition) is 1. The Labute approximate surface area is 193 Å². The van der Waals surface area contributed by atoms with Gasteiger partial charge < -0.3 is 4.42 Å². The Hall–Kier alpha value is -2.50. The molecule has 1 N–H and O–H groups in total. The lowest BCUT2D eigenvalue weighted by Crippen LogP contribution is -2.26.